The predicted molar refractivity (Wildman–Crippen MR) is 76.1 cm³/mol. The largest absolute Gasteiger partial charge is 0.396 e. The maximum absolute atomic E-state index is 13.3. The molecular formula is C14H14F2N2O2S. The number of nitrogen functional groups attached to an aromatic ring is 1. The van der Waals surface area contributed by atoms with E-state index in [9.17, 15) is 17.2 Å². The van der Waals surface area contributed by atoms with Crippen LogP contribution in [0.2, 0.25) is 0 Å². The summed E-state index contributed by atoms with van der Waals surface area (Å²) >= 11 is 0. The minimum absolute atomic E-state index is 0.0811. The maximum Gasteiger partial charge on any atom is 0.240 e. The molecule has 0 saturated heterocycles. The van der Waals surface area contributed by atoms with Gasteiger partial charge in [-0.3, -0.25) is 0 Å². The molecule has 2 aromatic rings. The van der Waals surface area contributed by atoms with Gasteiger partial charge in [0.1, 0.15) is 11.6 Å². The highest BCUT2D eigenvalue weighted by Gasteiger charge is 2.15. The Morgan fingerprint density at radius 1 is 1.10 bits per heavy atom. The van der Waals surface area contributed by atoms with Crippen molar-refractivity contribution in [3.8, 4) is 0 Å². The number of nitrogens with one attached hydrogen (secondary N) is 1. The molecule has 0 saturated carbocycles. The quantitative estimate of drug-likeness (QED) is 0.830. The number of nitrogens with two attached hydrogens (primary N) is 1. The molecule has 3 N–H and O–H groups in total. The number of benzene rings is 2. The van der Waals surface area contributed by atoms with Gasteiger partial charge in [-0.2, -0.15) is 0 Å². The van der Waals surface area contributed by atoms with Crippen molar-refractivity contribution in [1.82, 2.24) is 4.72 Å². The number of halogens is 2. The van der Waals surface area contributed by atoms with Gasteiger partial charge in [-0.1, -0.05) is 12.1 Å². The molecule has 0 aromatic heterocycles. The Morgan fingerprint density at radius 2 is 1.86 bits per heavy atom. The Balaban J connectivity index is 2.03. The van der Waals surface area contributed by atoms with Gasteiger partial charge in [0.2, 0.25) is 10.0 Å². The molecule has 21 heavy (non-hydrogen) atoms. The summed E-state index contributed by atoms with van der Waals surface area (Å²) in [5, 5.41) is 0. The first kappa shape index (κ1) is 15.4. The first-order valence-electron chi connectivity index (χ1n) is 6.17. The van der Waals surface area contributed by atoms with Crippen molar-refractivity contribution in [3.63, 3.8) is 0 Å². The number of rotatable bonds is 5. The van der Waals surface area contributed by atoms with Crippen LogP contribution in [0.1, 0.15) is 5.56 Å². The smallest absolute Gasteiger partial charge is 0.240 e. The Hall–Kier alpha value is -1.99. The van der Waals surface area contributed by atoms with Crippen LogP contribution in [0.3, 0.4) is 0 Å². The molecule has 0 fully saturated rings. The SMILES string of the molecule is Nc1ccc(S(=O)(=O)NCCc2cccc(F)c2)cc1F. The summed E-state index contributed by atoms with van der Waals surface area (Å²) in [5.41, 5.74) is 5.85. The van der Waals surface area contributed by atoms with Gasteiger partial charge in [-0.25, -0.2) is 21.9 Å². The summed E-state index contributed by atoms with van der Waals surface area (Å²) in [4.78, 5) is -0.201. The molecule has 2 aromatic carbocycles. The van der Waals surface area contributed by atoms with Gasteiger partial charge in [-0.05, 0) is 42.3 Å². The van der Waals surface area contributed by atoms with Crippen molar-refractivity contribution in [3.05, 3.63) is 59.7 Å². The summed E-state index contributed by atoms with van der Waals surface area (Å²) in [6.45, 7) is 0.0811. The van der Waals surface area contributed by atoms with Crippen LogP contribution in [0.15, 0.2) is 47.4 Å². The molecule has 0 atom stereocenters. The first-order valence-corrected chi connectivity index (χ1v) is 7.66. The van der Waals surface area contributed by atoms with Gasteiger partial charge in [-0.15, -0.1) is 0 Å². The molecule has 0 amide bonds. The topological polar surface area (TPSA) is 72.2 Å². The maximum atomic E-state index is 13.3. The van der Waals surface area contributed by atoms with E-state index in [-0.39, 0.29) is 22.9 Å². The van der Waals surface area contributed by atoms with Crippen LogP contribution < -0.4 is 10.5 Å². The van der Waals surface area contributed by atoms with Crippen molar-refractivity contribution in [2.45, 2.75) is 11.3 Å². The number of anilines is 1. The van der Waals surface area contributed by atoms with Crippen molar-refractivity contribution < 1.29 is 17.2 Å². The van der Waals surface area contributed by atoms with E-state index < -0.39 is 15.8 Å². The molecule has 0 spiro atoms. The first-order chi connectivity index (χ1) is 9.88. The average Bonchev–Trinajstić information content (AvgIpc) is 2.41. The number of sulfonamides is 1. The molecule has 0 unspecified atom stereocenters. The van der Waals surface area contributed by atoms with Gasteiger partial charge in [0.05, 0.1) is 10.6 Å². The predicted octanol–water partition coefficient (Wildman–Crippen LogP) is 2.07. The third-order valence-electron chi connectivity index (χ3n) is 2.88. The second-order valence-corrected chi connectivity index (χ2v) is 6.23. The third-order valence-corrected chi connectivity index (χ3v) is 4.34. The van der Waals surface area contributed by atoms with E-state index in [1.165, 1.54) is 24.3 Å². The Morgan fingerprint density at radius 3 is 2.52 bits per heavy atom. The van der Waals surface area contributed by atoms with E-state index in [4.69, 9.17) is 5.73 Å². The van der Waals surface area contributed by atoms with Gasteiger partial charge < -0.3 is 5.73 Å². The Kier molecular flexibility index (Phi) is 4.54. The fourth-order valence-electron chi connectivity index (χ4n) is 1.78. The van der Waals surface area contributed by atoms with Crippen LogP contribution in [-0.2, 0) is 16.4 Å². The van der Waals surface area contributed by atoms with E-state index in [1.54, 1.807) is 12.1 Å². The zero-order chi connectivity index (χ0) is 15.5. The summed E-state index contributed by atoms with van der Waals surface area (Å²) in [7, 11) is -3.82. The number of hydrogen-bond acceptors (Lipinski definition) is 3. The van der Waals surface area contributed by atoms with Gasteiger partial charge in [0, 0.05) is 6.54 Å². The average molecular weight is 312 g/mol. The van der Waals surface area contributed by atoms with Gasteiger partial charge in [0.25, 0.3) is 0 Å². The van der Waals surface area contributed by atoms with Crippen LogP contribution >= 0.6 is 0 Å². The molecule has 0 aliphatic rings. The molecule has 2 rings (SSSR count). The summed E-state index contributed by atoms with van der Waals surface area (Å²) in [6.07, 6.45) is 0.328. The van der Waals surface area contributed by atoms with Gasteiger partial charge >= 0.3 is 0 Å². The lowest BCUT2D eigenvalue weighted by molar-refractivity contribution is 0.578. The van der Waals surface area contributed by atoms with Gasteiger partial charge in [0.15, 0.2) is 0 Å². The van der Waals surface area contributed by atoms with E-state index >= 15 is 0 Å². The Bertz CT molecular complexity index is 748. The molecule has 0 radical (unpaired) electrons. The van der Waals surface area contributed by atoms with Crippen LogP contribution in [-0.4, -0.2) is 15.0 Å². The van der Waals surface area contributed by atoms with Crippen LogP contribution in [0.25, 0.3) is 0 Å². The minimum Gasteiger partial charge on any atom is -0.396 e. The molecule has 0 bridgehead atoms. The minimum atomic E-state index is -3.82. The second-order valence-electron chi connectivity index (χ2n) is 4.46. The lowest BCUT2D eigenvalue weighted by atomic mass is 10.1. The molecule has 0 aliphatic carbocycles. The molecule has 0 heterocycles. The Labute approximate surface area is 121 Å². The van der Waals surface area contributed by atoms with E-state index in [0.717, 1.165) is 6.07 Å². The van der Waals surface area contributed by atoms with E-state index in [0.29, 0.717) is 12.0 Å². The molecular weight excluding hydrogens is 298 g/mol. The molecule has 0 aliphatic heterocycles. The van der Waals surface area contributed by atoms with Crippen molar-refractivity contribution in [2.75, 3.05) is 12.3 Å². The summed E-state index contributed by atoms with van der Waals surface area (Å²) in [5.74, 6) is -1.17. The van der Waals surface area contributed by atoms with Crippen molar-refractivity contribution in [1.29, 1.82) is 0 Å². The standard InChI is InChI=1S/C14H14F2N2O2S/c15-11-3-1-2-10(8-11)6-7-18-21(19,20)12-4-5-14(17)13(16)9-12/h1-5,8-9,18H,6-7,17H2. The lowest BCUT2D eigenvalue weighted by Gasteiger charge is -2.08. The van der Waals surface area contributed by atoms with Crippen LogP contribution in [0.5, 0.6) is 0 Å². The summed E-state index contributed by atoms with van der Waals surface area (Å²) < 4.78 is 52.5. The fourth-order valence-corrected chi connectivity index (χ4v) is 2.82. The van der Waals surface area contributed by atoms with Crippen molar-refractivity contribution in [2.24, 2.45) is 0 Å². The normalized spacial score (nSPS) is 11.5. The zero-order valence-electron chi connectivity index (χ0n) is 11.0. The molecule has 7 heteroatoms. The summed E-state index contributed by atoms with van der Waals surface area (Å²) in [6, 6.07) is 9.16. The third kappa shape index (κ3) is 3.99. The van der Waals surface area contributed by atoms with Crippen LogP contribution in [0.4, 0.5) is 14.5 Å². The van der Waals surface area contributed by atoms with E-state index in [2.05, 4.69) is 4.72 Å². The highest BCUT2D eigenvalue weighted by molar-refractivity contribution is 7.89. The van der Waals surface area contributed by atoms with Crippen molar-refractivity contribution >= 4 is 15.7 Å². The highest BCUT2D eigenvalue weighted by Crippen LogP contribution is 2.16. The van der Waals surface area contributed by atoms with E-state index in [1.807, 2.05) is 0 Å². The zero-order valence-corrected chi connectivity index (χ0v) is 11.8. The fraction of sp³-hybridized carbons (Fsp3) is 0.143. The lowest BCUT2D eigenvalue weighted by Crippen LogP contribution is -2.26. The number of hydrogen-bond donors (Lipinski definition) is 2. The molecule has 112 valence electrons. The highest BCUT2D eigenvalue weighted by atomic mass is 32.2. The molecule has 4 nitrogen and oxygen atoms in total. The van der Waals surface area contributed by atoms with Crippen LogP contribution in [0, 0.1) is 11.6 Å². The second kappa shape index (κ2) is 6.19. The monoisotopic (exact) mass is 312 g/mol.